The molecule has 25 heavy (non-hydrogen) atoms. The molecule has 0 unspecified atom stereocenters. The van der Waals surface area contributed by atoms with E-state index in [2.05, 4.69) is 16.0 Å². The minimum absolute atomic E-state index is 0.100. The Bertz CT molecular complexity index is 657. The van der Waals surface area contributed by atoms with E-state index in [1.54, 1.807) is 12.1 Å². The van der Waals surface area contributed by atoms with Crippen LogP contribution in [0.1, 0.15) is 41.0 Å². The first-order chi connectivity index (χ1) is 11.7. The molecule has 0 aromatic heterocycles. The van der Waals surface area contributed by atoms with Crippen LogP contribution in [0.4, 0.5) is 0 Å². The second-order valence-corrected chi connectivity index (χ2v) is 5.93. The van der Waals surface area contributed by atoms with Crippen LogP contribution in [0.15, 0.2) is 24.3 Å². The van der Waals surface area contributed by atoms with E-state index in [1.165, 1.54) is 19.2 Å². The van der Waals surface area contributed by atoms with E-state index in [0.29, 0.717) is 12.0 Å². The van der Waals surface area contributed by atoms with Crippen LogP contribution >= 0.6 is 0 Å². The molecule has 0 aliphatic heterocycles. The predicted molar refractivity (Wildman–Crippen MR) is 91.2 cm³/mol. The third-order valence-electron chi connectivity index (χ3n) is 3.36. The topological polar surface area (TPSA) is 125 Å². The summed E-state index contributed by atoms with van der Waals surface area (Å²) in [6.45, 7) is 3.34. The number of carboxylic acids is 1. The molecule has 0 saturated carbocycles. The Kier molecular flexibility index (Phi) is 7.58. The van der Waals surface area contributed by atoms with Gasteiger partial charge in [0, 0.05) is 18.2 Å². The van der Waals surface area contributed by atoms with Gasteiger partial charge in [-0.15, -0.1) is 0 Å². The van der Waals surface area contributed by atoms with E-state index in [-0.39, 0.29) is 23.9 Å². The molecule has 3 amide bonds. The highest BCUT2D eigenvalue weighted by Crippen LogP contribution is 2.06. The van der Waals surface area contributed by atoms with Crippen LogP contribution in [-0.4, -0.2) is 48.4 Å². The standard InChI is InChI=1S/C17H23N3O5/c1-10(2)7-13(17(24)25)20-14(21)9-19-16(23)12-6-4-5-11(8-12)15(22)18-3/h4-6,8,10,13H,7,9H2,1-3H3,(H,18,22)(H,19,23)(H,20,21)(H,24,25)/t13-/m0/s1. The number of hydrogen-bond acceptors (Lipinski definition) is 4. The van der Waals surface area contributed by atoms with Gasteiger partial charge in [-0.05, 0) is 30.5 Å². The molecule has 1 atom stereocenters. The summed E-state index contributed by atoms with van der Waals surface area (Å²) < 4.78 is 0. The third-order valence-corrected chi connectivity index (χ3v) is 3.36. The first-order valence-corrected chi connectivity index (χ1v) is 7.87. The predicted octanol–water partition coefficient (Wildman–Crippen LogP) is 0.392. The Balaban J connectivity index is 2.62. The molecule has 8 heteroatoms. The summed E-state index contributed by atoms with van der Waals surface area (Å²) in [6.07, 6.45) is 0.295. The summed E-state index contributed by atoms with van der Waals surface area (Å²) in [5.41, 5.74) is 0.549. The van der Waals surface area contributed by atoms with Crippen LogP contribution in [0.2, 0.25) is 0 Å². The molecule has 0 bridgehead atoms. The van der Waals surface area contributed by atoms with Gasteiger partial charge in [0.2, 0.25) is 5.91 Å². The van der Waals surface area contributed by atoms with Crippen molar-refractivity contribution < 1.29 is 24.3 Å². The molecule has 136 valence electrons. The third kappa shape index (κ3) is 6.62. The van der Waals surface area contributed by atoms with E-state index in [1.807, 2.05) is 13.8 Å². The minimum atomic E-state index is -1.12. The van der Waals surface area contributed by atoms with Gasteiger partial charge >= 0.3 is 5.97 Å². The van der Waals surface area contributed by atoms with Gasteiger partial charge in [0.25, 0.3) is 11.8 Å². The average molecular weight is 349 g/mol. The Morgan fingerprint density at radius 3 is 2.20 bits per heavy atom. The Morgan fingerprint density at radius 2 is 1.68 bits per heavy atom. The van der Waals surface area contributed by atoms with Crippen molar-refractivity contribution in [2.45, 2.75) is 26.3 Å². The van der Waals surface area contributed by atoms with Crippen molar-refractivity contribution in [2.24, 2.45) is 5.92 Å². The maximum absolute atomic E-state index is 12.1. The number of carboxylic acid groups (broad SMARTS) is 1. The SMILES string of the molecule is CNC(=O)c1cccc(C(=O)NCC(=O)N[C@@H](CC(C)C)C(=O)O)c1. The van der Waals surface area contributed by atoms with E-state index < -0.39 is 23.8 Å². The first kappa shape index (κ1) is 20.1. The number of carbonyl (C=O) groups is 4. The maximum Gasteiger partial charge on any atom is 0.326 e. The van der Waals surface area contributed by atoms with Crippen molar-refractivity contribution in [1.82, 2.24) is 16.0 Å². The normalized spacial score (nSPS) is 11.5. The van der Waals surface area contributed by atoms with E-state index in [9.17, 15) is 19.2 Å². The van der Waals surface area contributed by atoms with Crippen molar-refractivity contribution in [3.63, 3.8) is 0 Å². The van der Waals surface area contributed by atoms with Crippen molar-refractivity contribution in [3.05, 3.63) is 35.4 Å². The summed E-state index contributed by atoms with van der Waals surface area (Å²) in [7, 11) is 1.48. The fourth-order valence-corrected chi connectivity index (χ4v) is 2.15. The molecular weight excluding hydrogens is 326 g/mol. The maximum atomic E-state index is 12.1. The quantitative estimate of drug-likeness (QED) is 0.540. The molecule has 0 heterocycles. The highest BCUT2D eigenvalue weighted by atomic mass is 16.4. The fraction of sp³-hybridized carbons (Fsp3) is 0.412. The lowest BCUT2D eigenvalue weighted by Crippen LogP contribution is -2.46. The summed E-state index contributed by atoms with van der Waals surface area (Å²) in [5.74, 6) is -2.47. The van der Waals surface area contributed by atoms with Crippen LogP contribution in [-0.2, 0) is 9.59 Å². The zero-order valence-corrected chi connectivity index (χ0v) is 14.5. The summed E-state index contributed by atoms with van der Waals surface area (Å²) in [4.78, 5) is 46.6. The van der Waals surface area contributed by atoms with E-state index in [4.69, 9.17) is 5.11 Å². The molecule has 0 aliphatic carbocycles. The Hall–Kier alpha value is -2.90. The summed E-state index contributed by atoms with van der Waals surface area (Å²) >= 11 is 0. The lowest BCUT2D eigenvalue weighted by atomic mass is 10.0. The van der Waals surface area contributed by atoms with Crippen molar-refractivity contribution >= 4 is 23.7 Å². The molecule has 0 fully saturated rings. The largest absolute Gasteiger partial charge is 0.480 e. The van der Waals surface area contributed by atoms with E-state index >= 15 is 0 Å². The zero-order valence-electron chi connectivity index (χ0n) is 14.5. The van der Waals surface area contributed by atoms with Crippen LogP contribution in [0, 0.1) is 5.92 Å². The van der Waals surface area contributed by atoms with Crippen LogP contribution in [0.5, 0.6) is 0 Å². The molecule has 0 aliphatic rings. The number of carbonyl (C=O) groups excluding carboxylic acids is 3. The summed E-state index contributed by atoms with van der Waals surface area (Å²) in [5, 5.41) is 16.3. The van der Waals surface area contributed by atoms with Crippen LogP contribution < -0.4 is 16.0 Å². The van der Waals surface area contributed by atoms with Gasteiger partial charge in [0.15, 0.2) is 0 Å². The molecule has 1 aromatic rings. The molecule has 0 saturated heterocycles. The molecule has 1 aromatic carbocycles. The Labute approximate surface area is 146 Å². The monoisotopic (exact) mass is 349 g/mol. The average Bonchev–Trinajstić information content (AvgIpc) is 2.57. The lowest BCUT2D eigenvalue weighted by Gasteiger charge is -2.16. The van der Waals surface area contributed by atoms with Gasteiger partial charge in [-0.2, -0.15) is 0 Å². The van der Waals surface area contributed by atoms with Crippen molar-refractivity contribution in [2.75, 3.05) is 13.6 Å². The molecule has 8 nitrogen and oxygen atoms in total. The van der Waals surface area contributed by atoms with Gasteiger partial charge in [0.05, 0.1) is 6.54 Å². The van der Waals surface area contributed by atoms with E-state index in [0.717, 1.165) is 0 Å². The van der Waals surface area contributed by atoms with Gasteiger partial charge in [-0.1, -0.05) is 19.9 Å². The molecule has 4 N–H and O–H groups in total. The Morgan fingerprint density at radius 1 is 1.08 bits per heavy atom. The fourth-order valence-electron chi connectivity index (χ4n) is 2.15. The van der Waals surface area contributed by atoms with Crippen molar-refractivity contribution in [3.8, 4) is 0 Å². The molecule has 0 spiro atoms. The lowest BCUT2D eigenvalue weighted by molar-refractivity contribution is -0.142. The number of nitrogens with one attached hydrogen (secondary N) is 3. The van der Waals surface area contributed by atoms with Gasteiger partial charge in [0.1, 0.15) is 6.04 Å². The van der Waals surface area contributed by atoms with Crippen LogP contribution in [0.3, 0.4) is 0 Å². The van der Waals surface area contributed by atoms with Gasteiger partial charge in [-0.25, -0.2) is 4.79 Å². The minimum Gasteiger partial charge on any atom is -0.480 e. The second-order valence-electron chi connectivity index (χ2n) is 5.93. The smallest absolute Gasteiger partial charge is 0.326 e. The van der Waals surface area contributed by atoms with Crippen LogP contribution in [0.25, 0.3) is 0 Å². The summed E-state index contributed by atoms with van der Waals surface area (Å²) in [6, 6.07) is 5.04. The molecule has 0 radical (unpaired) electrons. The second kappa shape index (κ2) is 9.41. The number of hydrogen-bond donors (Lipinski definition) is 4. The highest BCUT2D eigenvalue weighted by Gasteiger charge is 2.21. The van der Waals surface area contributed by atoms with Gasteiger partial charge in [-0.3, -0.25) is 14.4 Å². The zero-order chi connectivity index (χ0) is 19.0. The van der Waals surface area contributed by atoms with Gasteiger partial charge < -0.3 is 21.1 Å². The number of aliphatic carboxylic acids is 1. The first-order valence-electron chi connectivity index (χ1n) is 7.87. The highest BCUT2D eigenvalue weighted by molar-refractivity contribution is 6.00. The number of rotatable bonds is 8. The van der Waals surface area contributed by atoms with Crippen molar-refractivity contribution in [1.29, 1.82) is 0 Å². The molecular formula is C17H23N3O5. The molecule has 1 rings (SSSR count). The number of benzene rings is 1. The number of amides is 3.